The summed E-state index contributed by atoms with van der Waals surface area (Å²) in [6, 6.07) is -0.200. The van der Waals surface area contributed by atoms with Crippen LogP contribution in [-0.2, 0) is 4.79 Å². The van der Waals surface area contributed by atoms with Crippen molar-refractivity contribution in [2.24, 2.45) is 5.92 Å². The Labute approximate surface area is 109 Å². The summed E-state index contributed by atoms with van der Waals surface area (Å²) < 4.78 is 0. The van der Waals surface area contributed by atoms with Crippen LogP contribution in [0.1, 0.15) is 25.7 Å². The van der Waals surface area contributed by atoms with Crippen molar-refractivity contribution in [1.29, 1.82) is 0 Å². The quantitative estimate of drug-likeness (QED) is 0.738. The van der Waals surface area contributed by atoms with Gasteiger partial charge in [-0.3, -0.25) is 4.79 Å². The second-order valence-electron chi connectivity index (χ2n) is 4.73. The fraction of sp³-hybridized carbons (Fsp3) is 0.692. The van der Waals surface area contributed by atoms with Crippen LogP contribution in [0.5, 0.6) is 0 Å². The van der Waals surface area contributed by atoms with Crippen molar-refractivity contribution in [3.63, 3.8) is 0 Å². The lowest BCUT2D eigenvalue weighted by atomic mass is 9.84. The van der Waals surface area contributed by atoms with E-state index in [4.69, 9.17) is 0 Å². The Kier molecular flexibility index (Phi) is 5.68. The SMILES string of the molecule is C=CCN(C)C(=O)N[C@@H]1CCCC[C@@H]1C(=O)NC. The molecule has 5 nitrogen and oxygen atoms in total. The zero-order chi connectivity index (χ0) is 13.5. The first-order chi connectivity index (χ1) is 8.60. The number of amides is 3. The Balaban J connectivity index is 2.59. The molecule has 0 bridgehead atoms. The third-order valence-electron chi connectivity index (χ3n) is 3.41. The monoisotopic (exact) mass is 253 g/mol. The van der Waals surface area contributed by atoms with Crippen molar-refractivity contribution in [3.8, 4) is 0 Å². The van der Waals surface area contributed by atoms with Gasteiger partial charge < -0.3 is 15.5 Å². The summed E-state index contributed by atoms with van der Waals surface area (Å²) in [6.45, 7) is 4.10. The Morgan fingerprint density at radius 3 is 2.67 bits per heavy atom. The van der Waals surface area contributed by atoms with Crippen molar-refractivity contribution in [1.82, 2.24) is 15.5 Å². The highest BCUT2D eigenvalue weighted by Crippen LogP contribution is 2.24. The van der Waals surface area contributed by atoms with Crippen molar-refractivity contribution < 1.29 is 9.59 Å². The molecule has 18 heavy (non-hydrogen) atoms. The first kappa shape index (κ1) is 14.5. The van der Waals surface area contributed by atoms with Crippen molar-refractivity contribution in [2.45, 2.75) is 31.7 Å². The van der Waals surface area contributed by atoms with Gasteiger partial charge in [0.1, 0.15) is 0 Å². The van der Waals surface area contributed by atoms with Gasteiger partial charge in [-0.25, -0.2) is 4.79 Å². The average Bonchev–Trinajstić information content (AvgIpc) is 2.38. The van der Waals surface area contributed by atoms with Crippen LogP contribution in [0.4, 0.5) is 4.79 Å². The summed E-state index contributed by atoms with van der Waals surface area (Å²) in [5.41, 5.74) is 0. The molecule has 0 aromatic carbocycles. The second kappa shape index (κ2) is 7.03. The number of carbonyl (C=O) groups is 2. The summed E-state index contributed by atoms with van der Waals surface area (Å²) in [5.74, 6) is -0.0868. The molecular formula is C13H23N3O2. The summed E-state index contributed by atoms with van der Waals surface area (Å²) in [6.07, 6.45) is 5.49. The van der Waals surface area contributed by atoms with E-state index in [1.54, 1.807) is 25.1 Å². The molecule has 0 aliphatic heterocycles. The molecule has 1 aliphatic carbocycles. The first-order valence-corrected chi connectivity index (χ1v) is 6.44. The molecule has 2 atom stereocenters. The van der Waals surface area contributed by atoms with E-state index in [9.17, 15) is 9.59 Å². The third kappa shape index (κ3) is 3.75. The second-order valence-corrected chi connectivity index (χ2v) is 4.73. The van der Waals surface area contributed by atoms with Crippen molar-refractivity contribution in [3.05, 3.63) is 12.7 Å². The van der Waals surface area contributed by atoms with E-state index in [1.165, 1.54) is 0 Å². The van der Waals surface area contributed by atoms with Crippen LogP contribution in [0, 0.1) is 5.92 Å². The lowest BCUT2D eigenvalue weighted by Gasteiger charge is -2.32. The van der Waals surface area contributed by atoms with Crippen molar-refractivity contribution >= 4 is 11.9 Å². The summed E-state index contributed by atoms with van der Waals surface area (Å²) >= 11 is 0. The number of hydrogen-bond donors (Lipinski definition) is 2. The van der Waals surface area contributed by atoms with Crippen LogP contribution in [0.3, 0.4) is 0 Å². The minimum atomic E-state index is -0.143. The molecule has 0 radical (unpaired) electrons. The number of nitrogens with one attached hydrogen (secondary N) is 2. The van der Waals surface area contributed by atoms with Gasteiger partial charge >= 0.3 is 6.03 Å². The van der Waals surface area contributed by atoms with Gasteiger partial charge in [0.2, 0.25) is 5.91 Å². The Morgan fingerprint density at radius 1 is 1.39 bits per heavy atom. The number of hydrogen-bond acceptors (Lipinski definition) is 2. The number of nitrogens with zero attached hydrogens (tertiary/aromatic N) is 1. The van der Waals surface area contributed by atoms with Crippen LogP contribution in [0.25, 0.3) is 0 Å². The number of urea groups is 1. The van der Waals surface area contributed by atoms with E-state index in [0.29, 0.717) is 6.54 Å². The van der Waals surface area contributed by atoms with Gasteiger partial charge in [0.15, 0.2) is 0 Å². The van der Waals surface area contributed by atoms with E-state index in [0.717, 1.165) is 25.7 Å². The largest absolute Gasteiger partial charge is 0.359 e. The van der Waals surface area contributed by atoms with Gasteiger partial charge in [-0.1, -0.05) is 18.9 Å². The first-order valence-electron chi connectivity index (χ1n) is 6.44. The number of carbonyl (C=O) groups excluding carboxylic acids is 2. The van der Waals surface area contributed by atoms with Gasteiger partial charge in [0.05, 0.1) is 5.92 Å². The van der Waals surface area contributed by atoms with Gasteiger partial charge in [0.25, 0.3) is 0 Å². The zero-order valence-corrected chi connectivity index (χ0v) is 11.2. The van der Waals surface area contributed by atoms with E-state index in [2.05, 4.69) is 17.2 Å². The van der Waals surface area contributed by atoms with Crippen molar-refractivity contribution in [2.75, 3.05) is 20.6 Å². The highest BCUT2D eigenvalue weighted by molar-refractivity contribution is 5.81. The fourth-order valence-electron chi connectivity index (χ4n) is 2.35. The topological polar surface area (TPSA) is 61.4 Å². The minimum absolute atomic E-state index is 0.0198. The smallest absolute Gasteiger partial charge is 0.317 e. The molecule has 3 amide bonds. The molecule has 1 saturated carbocycles. The Hall–Kier alpha value is -1.52. The highest BCUT2D eigenvalue weighted by atomic mass is 16.2. The maximum atomic E-state index is 11.9. The summed E-state index contributed by atoms with van der Waals surface area (Å²) in [4.78, 5) is 25.2. The Morgan fingerprint density at radius 2 is 2.06 bits per heavy atom. The molecule has 1 fully saturated rings. The predicted octanol–water partition coefficient (Wildman–Crippen LogP) is 1.12. The van der Waals surface area contributed by atoms with Gasteiger partial charge in [-0.15, -0.1) is 6.58 Å². The molecule has 1 rings (SSSR count). The molecule has 2 N–H and O–H groups in total. The standard InChI is InChI=1S/C13H23N3O2/c1-4-9-16(3)13(18)15-11-8-6-5-7-10(11)12(17)14-2/h4,10-11H,1,5-9H2,2-3H3,(H,14,17)(H,15,18)/t10-,11+/m0/s1. The fourth-order valence-corrected chi connectivity index (χ4v) is 2.35. The normalized spacial score (nSPS) is 23.0. The van der Waals surface area contributed by atoms with E-state index in [1.807, 2.05) is 0 Å². The van der Waals surface area contributed by atoms with Crippen LogP contribution >= 0.6 is 0 Å². The van der Waals surface area contributed by atoms with Crippen LogP contribution < -0.4 is 10.6 Å². The Bertz CT molecular complexity index is 317. The van der Waals surface area contributed by atoms with E-state index in [-0.39, 0.29) is 23.9 Å². The molecule has 0 aromatic rings. The van der Waals surface area contributed by atoms with Crippen LogP contribution in [0.15, 0.2) is 12.7 Å². The molecule has 0 saturated heterocycles. The minimum Gasteiger partial charge on any atom is -0.359 e. The molecule has 0 aromatic heterocycles. The summed E-state index contributed by atoms with van der Waals surface area (Å²) in [7, 11) is 3.36. The van der Waals surface area contributed by atoms with Crippen LogP contribution in [0.2, 0.25) is 0 Å². The van der Waals surface area contributed by atoms with Gasteiger partial charge in [-0.05, 0) is 12.8 Å². The molecule has 1 aliphatic rings. The molecule has 5 heteroatoms. The molecule has 102 valence electrons. The lowest BCUT2D eigenvalue weighted by Crippen LogP contribution is -2.51. The lowest BCUT2D eigenvalue weighted by molar-refractivity contribution is -0.126. The van der Waals surface area contributed by atoms with Gasteiger partial charge in [0, 0.05) is 26.7 Å². The molecule has 0 heterocycles. The molecule has 0 spiro atoms. The highest BCUT2D eigenvalue weighted by Gasteiger charge is 2.31. The number of rotatable bonds is 4. The average molecular weight is 253 g/mol. The number of likely N-dealkylation sites (N-methyl/N-ethyl adjacent to an activating group) is 1. The molecular weight excluding hydrogens is 230 g/mol. The third-order valence-corrected chi connectivity index (χ3v) is 3.41. The van der Waals surface area contributed by atoms with E-state index >= 15 is 0 Å². The maximum Gasteiger partial charge on any atom is 0.317 e. The van der Waals surface area contributed by atoms with Gasteiger partial charge in [-0.2, -0.15) is 0 Å². The predicted molar refractivity (Wildman–Crippen MR) is 71.2 cm³/mol. The summed E-state index contributed by atoms with van der Waals surface area (Å²) in [5, 5.41) is 5.62. The molecule has 0 unspecified atom stereocenters. The zero-order valence-electron chi connectivity index (χ0n) is 11.2. The van der Waals surface area contributed by atoms with Crippen LogP contribution in [-0.4, -0.2) is 43.5 Å². The van der Waals surface area contributed by atoms with E-state index < -0.39 is 0 Å². The maximum absolute atomic E-state index is 11.9.